The van der Waals surface area contributed by atoms with Gasteiger partial charge in [-0.15, -0.1) is 0 Å². The molecule has 1 N–H and O–H groups in total. The van der Waals surface area contributed by atoms with E-state index in [4.69, 9.17) is 5.11 Å². The van der Waals surface area contributed by atoms with Crippen molar-refractivity contribution in [3.05, 3.63) is 29.8 Å². The van der Waals surface area contributed by atoms with Gasteiger partial charge in [-0.2, -0.15) is 0 Å². The summed E-state index contributed by atoms with van der Waals surface area (Å²) in [6.45, 7) is 2.37. The first-order valence-corrected chi connectivity index (χ1v) is 6.73. The molecule has 1 aliphatic heterocycles. The van der Waals surface area contributed by atoms with Crippen LogP contribution in [0.4, 0.5) is 5.69 Å². The molecular formula is C15H19NO2. The monoisotopic (exact) mass is 245 g/mol. The fourth-order valence-electron chi connectivity index (χ4n) is 3.39. The smallest absolute Gasteiger partial charge is 0.307 e. The molecule has 96 valence electrons. The molecule has 0 aromatic heterocycles. The van der Waals surface area contributed by atoms with Crippen molar-refractivity contribution in [3.8, 4) is 0 Å². The maximum absolute atomic E-state index is 10.6. The lowest BCUT2D eigenvalue weighted by Crippen LogP contribution is -2.55. The quantitative estimate of drug-likeness (QED) is 0.890. The van der Waals surface area contributed by atoms with Gasteiger partial charge in [0.1, 0.15) is 0 Å². The molecule has 18 heavy (non-hydrogen) atoms. The van der Waals surface area contributed by atoms with Crippen LogP contribution in [0.25, 0.3) is 0 Å². The standard InChI is InChI=1S/C15H19NO2/c17-14(18)9-12-3-5-13(6-4-12)16-10-15(11-16)7-1-2-8-15/h3-6H,1-2,7-11H2,(H,17,18). The Bertz CT molecular complexity index is 438. The van der Waals surface area contributed by atoms with E-state index in [1.165, 1.54) is 44.5 Å². The van der Waals surface area contributed by atoms with Gasteiger partial charge in [0.25, 0.3) is 0 Å². The lowest BCUT2D eigenvalue weighted by Gasteiger charge is -2.49. The summed E-state index contributed by atoms with van der Waals surface area (Å²) in [4.78, 5) is 13.0. The van der Waals surface area contributed by atoms with Crippen molar-refractivity contribution >= 4 is 11.7 Å². The molecule has 1 aliphatic carbocycles. The molecule has 3 heteroatoms. The van der Waals surface area contributed by atoms with Crippen LogP contribution in [0, 0.1) is 5.41 Å². The average molecular weight is 245 g/mol. The van der Waals surface area contributed by atoms with E-state index in [0.29, 0.717) is 5.41 Å². The highest BCUT2D eigenvalue weighted by Crippen LogP contribution is 2.46. The predicted molar refractivity (Wildman–Crippen MR) is 70.9 cm³/mol. The molecule has 3 rings (SSSR count). The molecule has 1 aromatic rings. The number of benzene rings is 1. The highest BCUT2D eigenvalue weighted by atomic mass is 16.4. The van der Waals surface area contributed by atoms with E-state index in [0.717, 1.165) is 5.56 Å². The maximum Gasteiger partial charge on any atom is 0.307 e. The number of nitrogens with zero attached hydrogens (tertiary/aromatic N) is 1. The molecule has 2 fully saturated rings. The van der Waals surface area contributed by atoms with Crippen LogP contribution in [-0.4, -0.2) is 24.2 Å². The number of carboxylic acids is 1. The summed E-state index contributed by atoms with van der Waals surface area (Å²) in [5, 5.41) is 8.73. The predicted octanol–water partition coefficient (Wildman–Crippen LogP) is 2.69. The number of carboxylic acid groups (broad SMARTS) is 1. The van der Waals surface area contributed by atoms with Gasteiger partial charge in [0.15, 0.2) is 0 Å². The first-order valence-electron chi connectivity index (χ1n) is 6.73. The molecule has 1 spiro atoms. The minimum absolute atomic E-state index is 0.115. The second kappa shape index (κ2) is 4.30. The number of hydrogen-bond acceptors (Lipinski definition) is 2. The fourth-order valence-corrected chi connectivity index (χ4v) is 3.39. The molecule has 0 amide bonds. The minimum atomic E-state index is -0.767. The third kappa shape index (κ3) is 2.09. The topological polar surface area (TPSA) is 40.5 Å². The van der Waals surface area contributed by atoms with E-state index >= 15 is 0 Å². The van der Waals surface area contributed by atoms with Crippen molar-refractivity contribution < 1.29 is 9.90 Å². The van der Waals surface area contributed by atoms with Gasteiger partial charge in [0.05, 0.1) is 6.42 Å². The van der Waals surface area contributed by atoms with Gasteiger partial charge in [-0.25, -0.2) is 0 Å². The van der Waals surface area contributed by atoms with Crippen LogP contribution in [0.1, 0.15) is 31.2 Å². The first-order chi connectivity index (χ1) is 8.67. The molecular weight excluding hydrogens is 226 g/mol. The lowest BCUT2D eigenvalue weighted by atomic mass is 9.78. The molecule has 1 saturated carbocycles. The Morgan fingerprint density at radius 3 is 2.33 bits per heavy atom. The summed E-state index contributed by atoms with van der Waals surface area (Å²) in [5.41, 5.74) is 2.73. The first kappa shape index (κ1) is 11.6. The number of carbonyl (C=O) groups is 1. The molecule has 0 radical (unpaired) electrons. The summed E-state index contributed by atoms with van der Waals surface area (Å²) in [5.74, 6) is -0.767. The van der Waals surface area contributed by atoms with E-state index in [1.54, 1.807) is 0 Å². The Labute approximate surface area is 107 Å². The third-order valence-corrected chi connectivity index (χ3v) is 4.37. The van der Waals surface area contributed by atoms with Crippen LogP contribution >= 0.6 is 0 Å². The van der Waals surface area contributed by atoms with Crippen molar-refractivity contribution in [2.24, 2.45) is 5.41 Å². The number of rotatable bonds is 3. The van der Waals surface area contributed by atoms with E-state index < -0.39 is 5.97 Å². The van der Waals surface area contributed by atoms with Gasteiger partial charge in [-0.05, 0) is 30.5 Å². The largest absolute Gasteiger partial charge is 0.481 e. The maximum atomic E-state index is 10.6. The van der Waals surface area contributed by atoms with E-state index in [2.05, 4.69) is 17.0 Å². The Kier molecular flexibility index (Phi) is 2.77. The lowest BCUT2D eigenvalue weighted by molar-refractivity contribution is -0.136. The zero-order valence-electron chi connectivity index (χ0n) is 10.6. The van der Waals surface area contributed by atoms with Gasteiger partial charge in [0.2, 0.25) is 0 Å². The fraction of sp³-hybridized carbons (Fsp3) is 0.533. The van der Waals surface area contributed by atoms with Crippen molar-refractivity contribution in [2.45, 2.75) is 32.1 Å². The molecule has 3 nitrogen and oxygen atoms in total. The molecule has 0 atom stereocenters. The van der Waals surface area contributed by atoms with Gasteiger partial charge >= 0.3 is 5.97 Å². The zero-order chi connectivity index (χ0) is 12.6. The summed E-state index contributed by atoms with van der Waals surface area (Å²) in [6, 6.07) is 7.98. The number of hydrogen-bond donors (Lipinski definition) is 1. The van der Waals surface area contributed by atoms with Crippen LogP contribution in [0.3, 0.4) is 0 Å². The Hall–Kier alpha value is -1.51. The molecule has 2 aliphatic rings. The third-order valence-electron chi connectivity index (χ3n) is 4.37. The van der Waals surface area contributed by atoms with E-state index in [-0.39, 0.29) is 6.42 Å². The molecule has 1 aromatic carbocycles. The SMILES string of the molecule is O=C(O)Cc1ccc(N2CC3(CCCC3)C2)cc1. The van der Waals surface area contributed by atoms with Gasteiger partial charge < -0.3 is 10.0 Å². The Morgan fingerprint density at radius 2 is 1.78 bits per heavy atom. The Morgan fingerprint density at radius 1 is 1.17 bits per heavy atom. The van der Waals surface area contributed by atoms with Crippen LogP contribution < -0.4 is 4.90 Å². The highest BCUT2D eigenvalue weighted by molar-refractivity contribution is 5.70. The van der Waals surface area contributed by atoms with Crippen molar-refractivity contribution in [1.29, 1.82) is 0 Å². The van der Waals surface area contributed by atoms with Crippen LogP contribution in [0.15, 0.2) is 24.3 Å². The van der Waals surface area contributed by atoms with E-state index in [1.807, 2.05) is 12.1 Å². The van der Waals surface area contributed by atoms with Gasteiger partial charge in [-0.1, -0.05) is 25.0 Å². The second-order valence-corrected chi connectivity index (χ2v) is 5.80. The molecule has 1 saturated heterocycles. The summed E-state index contributed by atoms with van der Waals surface area (Å²) >= 11 is 0. The summed E-state index contributed by atoms with van der Waals surface area (Å²) < 4.78 is 0. The average Bonchev–Trinajstić information content (AvgIpc) is 2.76. The summed E-state index contributed by atoms with van der Waals surface area (Å²) in [7, 11) is 0. The number of aliphatic carboxylic acids is 1. The van der Waals surface area contributed by atoms with Crippen LogP contribution in [-0.2, 0) is 11.2 Å². The van der Waals surface area contributed by atoms with Crippen LogP contribution in [0.5, 0.6) is 0 Å². The van der Waals surface area contributed by atoms with E-state index in [9.17, 15) is 4.79 Å². The van der Waals surface area contributed by atoms with Crippen molar-refractivity contribution in [2.75, 3.05) is 18.0 Å². The van der Waals surface area contributed by atoms with Gasteiger partial charge in [0, 0.05) is 24.2 Å². The number of anilines is 1. The summed E-state index contributed by atoms with van der Waals surface area (Å²) in [6.07, 6.45) is 5.68. The minimum Gasteiger partial charge on any atom is -0.481 e. The molecule has 1 heterocycles. The molecule has 0 unspecified atom stereocenters. The van der Waals surface area contributed by atoms with Crippen LogP contribution in [0.2, 0.25) is 0 Å². The molecule has 0 bridgehead atoms. The van der Waals surface area contributed by atoms with Gasteiger partial charge in [-0.3, -0.25) is 4.79 Å². The highest BCUT2D eigenvalue weighted by Gasteiger charge is 2.44. The second-order valence-electron chi connectivity index (χ2n) is 5.80. The Balaban J connectivity index is 1.62. The zero-order valence-corrected chi connectivity index (χ0v) is 10.6. The van der Waals surface area contributed by atoms with Crippen molar-refractivity contribution in [1.82, 2.24) is 0 Å². The van der Waals surface area contributed by atoms with Crippen molar-refractivity contribution in [3.63, 3.8) is 0 Å². The normalized spacial score (nSPS) is 21.0.